The van der Waals surface area contributed by atoms with Crippen molar-refractivity contribution in [1.29, 1.82) is 0 Å². The van der Waals surface area contributed by atoms with Crippen molar-refractivity contribution in [2.24, 2.45) is 5.73 Å². The Morgan fingerprint density at radius 3 is 2.05 bits per heavy atom. The summed E-state index contributed by atoms with van der Waals surface area (Å²) >= 11 is 0. The molecule has 1 rings (SSSR count). The number of aliphatic hydroxyl groups is 1. The molecule has 6 heteroatoms. The fraction of sp³-hybridized carbons (Fsp3) is 0.571. The van der Waals surface area contributed by atoms with Crippen LogP contribution in [0.4, 0.5) is 13.2 Å². The first kappa shape index (κ1) is 16.8. The van der Waals surface area contributed by atoms with Crippen LogP contribution >= 0.6 is 0 Å². The molecule has 0 aliphatic carbocycles. The Hall–Kier alpha value is -1.27. The summed E-state index contributed by atoms with van der Waals surface area (Å²) in [7, 11) is 0. The van der Waals surface area contributed by atoms with Crippen LogP contribution in [-0.4, -0.2) is 23.4 Å². The quantitative estimate of drug-likeness (QED) is 0.877. The van der Waals surface area contributed by atoms with Crippen LogP contribution in [0, 0.1) is 0 Å². The van der Waals surface area contributed by atoms with E-state index in [4.69, 9.17) is 10.5 Å². The van der Waals surface area contributed by atoms with Crippen molar-refractivity contribution in [2.45, 2.75) is 51.1 Å². The van der Waals surface area contributed by atoms with Gasteiger partial charge in [-0.05, 0) is 38.0 Å². The lowest BCUT2D eigenvalue weighted by atomic mass is 9.84. The maximum Gasteiger partial charge on any atom is 0.422 e. The van der Waals surface area contributed by atoms with Crippen LogP contribution in [0.2, 0.25) is 0 Å². The summed E-state index contributed by atoms with van der Waals surface area (Å²) < 4.78 is 44.9. The number of nitrogens with two attached hydrogens (primary N) is 1. The van der Waals surface area contributed by atoms with Crippen molar-refractivity contribution in [1.82, 2.24) is 0 Å². The summed E-state index contributed by atoms with van der Waals surface area (Å²) in [5, 5.41) is 10.1. The van der Waals surface area contributed by atoms with Gasteiger partial charge in [0.05, 0.1) is 6.10 Å². The number of benzene rings is 1. The summed E-state index contributed by atoms with van der Waals surface area (Å²) in [6, 6.07) is 3.75. The Labute approximate surface area is 116 Å². The molecule has 2 unspecified atom stereocenters. The van der Waals surface area contributed by atoms with Crippen molar-refractivity contribution < 1.29 is 23.0 Å². The Kier molecular flexibility index (Phi) is 5.05. The third-order valence-electron chi connectivity index (χ3n) is 3.07. The Balaban J connectivity index is 3.16. The Morgan fingerprint density at radius 1 is 1.20 bits per heavy atom. The van der Waals surface area contributed by atoms with Gasteiger partial charge in [0.25, 0.3) is 0 Å². The van der Waals surface area contributed by atoms with Gasteiger partial charge < -0.3 is 15.6 Å². The summed E-state index contributed by atoms with van der Waals surface area (Å²) in [6.07, 6.45) is -4.93. The largest absolute Gasteiger partial charge is 0.491 e. The molecule has 114 valence electrons. The van der Waals surface area contributed by atoms with Crippen LogP contribution in [0.1, 0.15) is 32.8 Å². The van der Waals surface area contributed by atoms with Gasteiger partial charge in [-0.2, -0.15) is 13.2 Å². The number of alkyl halides is 3. The van der Waals surface area contributed by atoms with Gasteiger partial charge in [-0.15, -0.1) is 0 Å². The molecule has 0 bridgehead atoms. The molecule has 0 aromatic heterocycles. The predicted molar refractivity (Wildman–Crippen MR) is 70.4 cm³/mol. The average Bonchev–Trinajstić information content (AvgIpc) is 2.35. The molecule has 2 atom stereocenters. The standard InChI is InChI=1S/C14H20F3NO2/c1-4-12(18)13(19,14(15,16)17)10-5-7-11(8-6-10)20-9(2)3/h5-9,12,19H,4,18H2,1-3H3. The van der Waals surface area contributed by atoms with Crippen LogP contribution in [0.3, 0.4) is 0 Å². The fourth-order valence-corrected chi connectivity index (χ4v) is 1.94. The lowest BCUT2D eigenvalue weighted by Gasteiger charge is -2.35. The fourth-order valence-electron chi connectivity index (χ4n) is 1.94. The molecule has 0 spiro atoms. The average molecular weight is 291 g/mol. The topological polar surface area (TPSA) is 55.5 Å². The summed E-state index contributed by atoms with van der Waals surface area (Å²) in [5.74, 6) is 0.443. The number of halogens is 3. The van der Waals surface area contributed by atoms with Crippen molar-refractivity contribution >= 4 is 0 Å². The van der Waals surface area contributed by atoms with Crippen LogP contribution in [-0.2, 0) is 5.60 Å². The maximum absolute atomic E-state index is 13.2. The highest BCUT2D eigenvalue weighted by molar-refractivity contribution is 5.33. The van der Waals surface area contributed by atoms with E-state index in [1.165, 1.54) is 31.2 Å². The minimum atomic E-state index is -4.84. The smallest absolute Gasteiger partial charge is 0.422 e. The predicted octanol–water partition coefficient (Wildman–Crippen LogP) is 2.96. The Bertz CT molecular complexity index is 431. The zero-order valence-electron chi connectivity index (χ0n) is 11.7. The second kappa shape index (κ2) is 6.01. The second-order valence-corrected chi connectivity index (χ2v) is 4.97. The minimum absolute atomic E-state index is 0.000253. The molecule has 1 aromatic rings. The highest BCUT2D eigenvalue weighted by atomic mass is 19.4. The molecule has 20 heavy (non-hydrogen) atoms. The van der Waals surface area contributed by atoms with Crippen molar-refractivity contribution in [3.8, 4) is 5.75 Å². The van der Waals surface area contributed by atoms with Gasteiger partial charge in [-0.1, -0.05) is 19.1 Å². The van der Waals surface area contributed by atoms with Gasteiger partial charge in [0.15, 0.2) is 0 Å². The molecule has 0 heterocycles. The number of ether oxygens (including phenoxy) is 1. The van der Waals surface area contributed by atoms with Crippen molar-refractivity contribution in [3.05, 3.63) is 29.8 Å². The van der Waals surface area contributed by atoms with E-state index >= 15 is 0 Å². The molecule has 0 aliphatic rings. The Morgan fingerprint density at radius 2 is 1.70 bits per heavy atom. The SMILES string of the molecule is CCC(N)C(O)(c1ccc(OC(C)C)cc1)C(F)(F)F. The molecule has 3 N–H and O–H groups in total. The summed E-state index contributed by atoms with van der Waals surface area (Å²) in [4.78, 5) is 0. The van der Waals surface area contributed by atoms with E-state index in [0.29, 0.717) is 5.75 Å². The molecule has 0 aliphatic heterocycles. The van der Waals surface area contributed by atoms with Crippen LogP contribution in [0.25, 0.3) is 0 Å². The lowest BCUT2D eigenvalue weighted by Crippen LogP contribution is -2.55. The van der Waals surface area contributed by atoms with E-state index < -0.39 is 17.8 Å². The highest BCUT2D eigenvalue weighted by Crippen LogP contribution is 2.42. The summed E-state index contributed by atoms with van der Waals surface area (Å²) in [5.41, 5.74) is 2.15. The van der Waals surface area contributed by atoms with Gasteiger partial charge in [0.1, 0.15) is 5.75 Å². The molecule has 0 amide bonds. The highest BCUT2D eigenvalue weighted by Gasteiger charge is 2.58. The van der Waals surface area contributed by atoms with Crippen LogP contribution in [0.15, 0.2) is 24.3 Å². The van der Waals surface area contributed by atoms with Crippen molar-refractivity contribution in [3.63, 3.8) is 0 Å². The third-order valence-corrected chi connectivity index (χ3v) is 3.07. The van der Waals surface area contributed by atoms with Gasteiger partial charge in [-0.25, -0.2) is 0 Å². The number of hydrogen-bond donors (Lipinski definition) is 2. The lowest BCUT2D eigenvalue weighted by molar-refractivity contribution is -0.274. The molecule has 3 nitrogen and oxygen atoms in total. The molecule has 0 saturated heterocycles. The zero-order valence-corrected chi connectivity index (χ0v) is 11.7. The van der Waals surface area contributed by atoms with Crippen molar-refractivity contribution in [2.75, 3.05) is 0 Å². The van der Waals surface area contributed by atoms with E-state index in [0.717, 1.165) is 0 Å². The number of hydrogen-bond acceptors (Lipinski definition) is 3. The minimum Gasteiger partial charge on any atom is -0.491 e. The van der Waals surface area contributed by atoms with E-state index in [2.05, 4.69) is 0 Å². The first-order valence-corrected chi connectivity index (χ1v) is 6.44. The summed E-state index contributed by atoms with van der Waals surface area (Å²) in [6.45, 7) is 5.12. The van der Waals surface area contributed by atoms with E-state index in [9.17, 15) is 18.3 Å². The van der Waals surface area contributed by atoms with Gasteiger partial charge in [0, 0.05) is 6.04 Å². The van der Waals surface area contributed by atoms with Crippen LogP contribution < -0.4 is 10.5 Å². The molecular weight excluding hydrogens is 271 g/mol. The molecule has 0 fully saturated rings. The number of rotatable bonds is 5. The second-order valence-electron chi connectivity index (χ2n) is 4.97. The maximum atomic E-state index is 13.2. The monoisotopic (exact) mass is 291 g/mol. The van der Waals surface area contributed by atoms with Gasteiger partial charge in [-0.3, -0.25) is 0 Å². The molecule has 0 saturated carbocycles. The third kappa shape index (κ3) is 3.24. The van der Waals surface area contributed by atoms with E-state index in [-0.39, 0.29) is 18.1 Å². The zero-order chi connectivity index (χ0) is 15.6. The first-order chi connectivity index (χ1) is 9.12. The van der Waals surface area contributed by atoms with Gasteiger partial charge in [0.2, 0.25) is 5.60 Å². The van der Waals surface area contributed by atoms with E-state index in [1.54, 1.807) is 0 Å². The molecule has 1 aromatic carbocycles. The van der Waals surface area contributed by atoms with Crippen LogP contribution in [0.5, 0.6) is 5.75 Å². The van der Waals surface area contributed by atoms with Gasteiger partial charge >= 0.3 is 6.18 Å². The molecule has 0 radical (unpaired) electrons. The first-order valence-electron chi connectivity index (χ1n) is 6.44. The van der Waals surface area contributed by atoms with E-state index in [1.807, 2.05) is 13.8 Å². The normalized spacial score (nSPS) is 16.9. The molecular formula is C14H20F3NO2.